The zero-order valence-corrected chi connectivity index (χ0v) is 12.5. The van der Waals surface area contributed by atoms with E-state index < -0.39 is 17.5 Å². The summed E-state index contributed by atoms with van der Waals surface area (Å²) in [4.78, 5) is 23.1. The molecule has 0 aromatic heterocycles. The molecule has 2 N–H and O–H groups in total. The van der Waals surface area contributed by atoms with E-state index in [4.69, 9.17) is 9.84 Å². The lowest BCUT2D eigenvalue weighted by Crippen LogP contribution is -2.02. The van der Waals surface area contributed by atoms with Gasteiger partial charge in [-0.25, -0.2) is 4.79 Å². The van der Waals surface area contributed by atoms with Gasteiger partial charge in [-0.2, -0.15) is 0 Å². The summed E-state index contributed by atoms with van der Waals surface area (Å²) < 4.78 is 5.33. The number of allylic oxidation sites excluding steroid dienone is 1. The minimum Gasteiger partial charge on any atom is -0.506 e. The number of carbonyl (C=O) groups is 2. The third-order valence-corrected chi connectivity index (χ3v) is 3.15. The quantitative estimate of drug-likeness (QED) is 0.631. The summed E-state index contributed by atoms with van der Waals surface area (Å²) in [6.07, 6.45) is 2.88. The highest BCUT2D eigenvalue weighted by molar-refractivity contribution is 6.10. The Labute approximate surface area is 133 Å². The van der Waals surface area contributed by atoms with Crippen LogP contribution in [0.25, 0.3) is 6.08 Å². The van der Waals surface area contributed by atoms with Crippen LogP contribution in [-0.2, 0) is 0 Å². The second kappa shape index (κ2) is 7.26. The maximum Gasteiger partial charge on any atom is 0.339 e. The second-order valence-electron chi connectivity index (χ2n) is 4.71. The van der Waals surface area contributed by atoms with Crippen LogP contribution in [0.15, 0.2) is 48.5 Å². The van der Waals surface area contributed by atoms with Crippen LogP contribution in [0, 0.1) is 0 Å². The van der Waals surface area contributed by atoms with Crippen LogP contribution in [-0.4, -0.2) is 28.6 Å². The molecule has 0 amide bonds. The lowest BCUT2D eigenvalue weighted by molar-refractivity contribution is 0.0693. The van der Waals surface area contributed by atoms with Crippen LogP contribution < -0.4 is 4.74 Å². The Morgan fingerprint density at radius 2 is 1.74 bits per heavy atom. The van der Waals surface area contributed by atoms with Crippen molar-refractivity contribution in [3.63, 3.8) is 0 Å². The fourth-order valence-corrected chi connectivity index (χ4v) is 2.02. The zero-order valence-electron chi connectivity index (χ0n) is 12.5. The predicted octanol–water partition coefficient (Wildman–Crippen LogP) is 3.39. The van der Waals surface area contributed by atoms with E-state index in [1.54, 1.807) is 30.3 Å². The van der Waals surface area contributed by atoms with E-state index >= 15 is 0 Å². The molecule has 0 aliphatic heterocycles. The molecule has 0 aliphatic rings. The van der Waals surface area contributed by atoms with Crippen molar-refractivity contribution in [3.05, 3.63) is 65.2 Å². The molecule has 0 saturated heterocycles. The summed E-state index contributed by atoms with van der Waals surface area (Å²) in [5.41, 5.74) is 0.438. The number of carboxylic acid groups (broad SMARTS) is 1. The van der Waals surface area contributed by atoms with Crippen LogP contribution in [0.1, 0.15) is 33.2 Å². The topological polar surface area (TPSA) is 83.8 Å². The Hall–Kier alpha value is -3.08. The third kappa shape index (κ3) is 3.97. The average Bonchev–Trinajstić information content (AvgIpc) is 2.54. The van der Waals surface area contributed by atoms with Crippen LogP contribution in [0.5, 0.6) is 11.5 Å². The Bertz CT molecular complexity index is 745. The highest BCUT2D eigenvalue weighted by Crippen LogP contribution is 2.23. The fourth-order valence-electron chi connectivity index (χ4n) is 2.02. The first kappa shape index (κ1) is 16.3. The van der Waals surface area contributed by atoms with Gasteiger partial charge < -0.3 is 14.9 Å². The van der Waals surface area contributed by atoms with Crippen molar-refractivity contribution in [2.45, 2.75) is 6.92 Å². The number of phenols is 1. The predicted molar refractivity (Wildman–Crippen MR) is 86.0 cm³/mol. The number of ketones is 1. The summed E-state index contributed by atoms with van der Waals surface area (Å²) in [5, 5.41) is 18.8. The molecule has 0 bridgehead atoms. The fraction of sp³-hybridized carbons (Fsp3) is 0.111. The molecular formula is C18H16O5. The molecule has 23 heavy (non-hydrogen) atoms. The van der Waals surface area contributed by atoms with Crippen molar-refractivity contribution in [2.75, 3.05) is 6.61 Å². The van der Waals surface area contributed by atoms with Gasteiger partial charge in [0.25, 0.3) is 0 Å². The largest absolute Gasteiger partial charge is 0.506 e. The molecule has 5 nitrogen and oxygen atoms in total. The van der Waals surface area contributed by atoms with Crippen molar-refractivity contribution < 1.29 is 24.5 Å². The summed E-state index contributed by atoms with van der Waals surface area (Å²) in [7, 11) is 0. The van der Waals surface area contributed by atoms with Crippen LogP contribution in [0.3, 0.4) is 0 Å². The first-order valence-electron chi connectivity index (χ1n) is 7.03. The second-order valence-corrected chi connectivity index (χ2v) is 4.71. The van der Waals surface area contributed by atoms with Crippen molar-refractivity contribution in [1.82, 2.24) is 0 Å². The third-order valence-electron chi connectivity index (χ3n) is 3.15. The van der Waals surface area contributed by atoms with Crippen molar-refractivity contribution in [3.8, 4) is 11.5 Å². The number of ether oxygens (including phenoxy) is 1. The minimum absolute atomic E-state index is 0.0490. The van der Waals surface area contributed by atoms with E-state index in [-0.39, 0.29) is 11.1 Å². The number of benzene rings is 2. The van der Waals surface area contributed by atoms with E-state index in [1.165, 1.54) is 24.3 Å². The Morgan fingerprint density at radius 1 is 1.09 bits per heavy atom. The first-order chi connectivity index (χ1) is 11.0. The molecule has 0 atom stereocenters. The summed E-state index contributed by atoms with van der Waals surface area (Å²) >= 11 is 0. The van der Waals surface area contributed by atoms with Crippen molar-refractivity contribution in [1.29, 1.82) is 0 Å². The van der Waals surface area contributed by atoms with Gasteiger partial charge in [0.1, 0.15) is 17.1 Å². The van der Waals surface area contributed by atoms with Crippen molar-refractivity contribution >= 4 is 17.8 Å². The zero-order chi connectivity index (χ0) is 16.8. The molecule has 0 unspecified atom stereocenters. The Morgan fingerprint density at radius 3 is 2.35 bits per heavy atom. The number of aromatic carboxylic acids is 1. The van der Waals surface area contributed by atoms with E-state index in [0.717, 1.165) is 11.3 Å². The number of hydrogen-bond donors (Lipinski definition) is 2. The van der Waals surface area contributed by atoms with Crippen molar-refractivity contribution in [2.24, 2.45) is 0 Å². The van der Waals surface area contributed by atoms with Crippen LogP contribution >= 0.6 is 0 Å². The lowest BCUT2D eigenvalue weighted by atomic mass is 10.0. The minimum atomic E-state index is -1.28. The van der Waals surface area contributed by atoms with Gasteiger partial charge in [0.05, 0.1) is 12.2 Å². The molecule has 2 aromatic carbocycles. The number of aromatic hydroxyl groups is 1. The molecular weight excluding hydrogens is 296 g/mol. The Kier molecular flexibility index (Phi) is 5.15. The molecule has 118 valence electrons. The van der Waals surface area contributed by atoms with Gasteiger partial charge in [0, 0.05) is 0 Å². The maximum atomic E-state index is 12.1. The summed E-state index contributed by atoms with van der Waals surface area (Å²) in [6, 6.07) is 11.2. The van der Waals surface area contributed by atoms with E-state index in [9.17, 15) is 14.7 Å². The summed E-state index contributed by atoms with van der Waals surface area (Å²) in [5.74, 6) is -1.55. The SMILES string of the molecule is CCOc1ccc(/C=C/C(=O)c2cccc(C(=O)O)c2O)cc1. The number of carbonyl (C=O) groups excluding carboxylic acids is 1. The first-order valence-corrected chi connectivity index (χ1v) is 7.03. The summed E-state index contributed by atoms with van der Waals surface area (Å²) in [6.45, 7) is 2.47. The molecule has 0 saturated carbocycles. The van der Waals surface area contributed by atoms with Gasteiger partial charge >= 0.3 is 5.97 Å². The van der Waals surface area contributed by atoms with Gasteiger partial charge in [0.2, 0.25) is 0 Å². The van der Waals surface area contributed by atoms with E-state index in [1.807, 2.05) is 6.92 Å². The van der Waals surface area contributed by atoms with Gasteiger partial charge in [-0.3, -0.25) is 4.79 Å². The highest BCUT2D eigenvalue weighted by Gasteiger charge is 2.16. The molecule has 5 heteroatoms. The number of para-hydroxylation sites is 1. The normalized spacial score (nSPS) is 10.7. The average molecular weight is 312 g/mol. The van der Waals surface area contributed by atoms with E-state index in [2.05, 4.69) is 0 Å². The number of carboxylic acids is 1. The number of hydrogen-bond acceptors (Lipinski definition) is 4. The molecule has 2 aromatic rings. The van der Waals surface area contributed by atoms with Gasteiger partial charge in [-0.05, 0) is 42.8 Å². The molecule has 2 rings (SSSR count). The van der Waals surface area contributed by atoms with E-state index in [0.29, 0.717) is 6.61 Å². The molecule has 0 radical (unpaired) electrons. The molecule has 0 spiro atoms. The van der Waals surface area contributed by atoms with Gasteiger partial charge in [-0.15, -0.1) is 0 Å². The maximum absolute atomic E-state index is 12.1. The standard InChI is InChI=1S/C18H16O5/c1-2-23-13-9-6-12(7-10-13)8-11-16(19)14-4-3-5-15(17(14)20)18(21)22/h3-11,20H,2H2,1H3,(H,21,22)/b11-8+. The number of rotatable bonds is 6. The smallest absolute Gasteiger partial charge is 0.339 e. The molecule has 0 aliphatic carbocycles. The van der Waals surface area contributed by atoms with Gasteiger partial charge in [0.15, 0.2) is 5.78 Å². The van der Waals surface area contributed by atoms with Crippen LogP contribution in [0.2, 0.25) is 0 Å². The lowest BCUT2D eigenvalue weighted by Gasteiger charge is -2.04. The monoisotopic (exact) mass is 312 g/mol. The van der Waals surface area contributed by atoms with Crippen LogP contribution in [0.4, 0.5) is 0 Å². The molecule has 0 fully saturated rings. The molecule has 0 heterocycles. The highest BCUT2D eigenvalue weighted by atomic mass is 16.5. The van der Waals surface area contributed by atoms with Gasteiger partial charge in [-0.1, -0.05) is 24.3 Å². The Balaban J connectivity index is 2.18.